The maximum Gasteiger partial charge on any atom is 0.231 e. The first-order chi connectivity index (χ1) is 12.5. The largest absolute Gasteiger partial charge is 0.381 e. The Balaban J connectivity index is 1.51. The van der Waals surface area contributed by atoms with E-state index < -0.39 is 0 Å². The fraction of sp³-hybridized carbons (Fsp3) is 0.500. The standard InChI is InChI=1S/C20H27N3O2S/c1-14-4-5-15(2)18(10-14)22-19(24)11-20-21-16(13-26-20)12-23-8-6-17(25-3)7-9-23/h4-5,10,13,17H,6-9,11-12H2,1-3H3,(H,22,24). The minimum absolute atomic E-state index is 0.0134. The molecular formula is C20H27N3O2S. The number of hydrogen-bond donors (Lipinski definition) is 1. The van der Waals surface area contributed by atoms with E-state index >= 15 is 0 Å². The van der Waals surface area contributed by atoms with Crippen molar-refractivity contribution in [2.75, 3.05) is 25.5 Å². The van der Waals surface area contributed by atoms with Crippen LogP contribution in [0.3, 0.4) is 0 Å². The number of likely N-dealkylation sites (tertiary alicyclic amines) is 1. The van der Waals surface area contributed by atoms with Crippen molar-refractivity contribution >= 4 is 22.9 Å². The van der Waals surface area contributed by atoms with Crippen molar-refractivity contribution in [3.05, 3.63) is 45.4 Å². The number of thiazole rings is 1. The smallest absolute Gasteiger partial charge is 0.231 e. The number of methoxy groups -OCH3 is 1. The molecule has 26 heavy (non-hydrogen) atoms. The van der Waals surface area contributed by atoms with Crippen molar-refractivity contribution in [3.8, 4) is 0 Å². The number of nitrogens with one attached hydrogen (secondary N) is 1. The summed E-state index contributed by atoms with van der Waals surface area (Å²) in [6, 6.07) is 6.08. The van der Waals surface area contributed by atoms with Gasteiger partial charge in [0.25, 0.3) is 0 Å². The summed E-state index contributed by atoms with van der Waals surface area (Å²) < 4.78 is 5.42. The summed E-state index contributed by atoms with van der Waals surface area (Å²) in [7, 11) is 1.79. The molecule has 3 rings (SSSR count). The number of aryl methyl sites for hydroxylation is 2. The van der Waals surface area contributed by atoms with Crippen LogP contribution < -0.4 is 5.32 Å². The van der Waals surface area contributed by atoms with Crippen molar-refractivity contribution in [1.29, 1.82) is 0 Å². The van der Waals surface area contributed by atoms with Gasteiger partial charge in [0.1, 0.15) is 5.01 Å². The molecule has 0 radical (unpaired) electrons. The fourth-order valence-corrected chi connectivity index (χ4v) is 4.02. The lowest BCUT2D eigenvalue weighted by atomic mass is 10.1. The molecule has 6 heteroatoms. The first-order valence-corrected chi connectivity index (χ1v) is 9.97. The van der Waals surface area contributed by atoms with E-state index in [1.54, 1.807) is 18.4 Å². The molecule has 1 aliphatic heterocycles. The lowest BCUT2D eigenvalue weighted by Gasteiger charge is -2.30. The van der Waals surface area contributed by atoms with Gasteiger partial charge in [-0.15, -0.1) is 11.3 Å². The van der Waals surface area contributed by atoms with Gasteiger partial charge >= 0.3 is 0 Å². The van der Waals surface area contributed by atoms with Gasteiger partial charge in [-0.25, -0.2) is 4.98 Å². The van der Waals surface area contributed by atoms with Crippen LogP contribution in [-0.2, 0) is 22.5 Å². The zero-order valence-corrected chi connectivity index (χ0v) is 16.6. The Labute approximate surface area is 159 Å². The van der Waals surface area contributed by atoms with Crippen molar-refractivity contribution in [2.45, 2.75) is 45.8 Å². The molecule has 0 unspecified atom stereocenters. The topological polar surface area (TPSA) is 54.5 Å². The lowest BCUT2D eigenvalue weighted by molar-refractivity contribution is -0.115. The molecule has 1 amide bonds. The number of amides is 1. The summed E-state index contributed by atoms with van der Waals surface area (Å²) in [6.07, 6.45) is 2.87. The molecule has 140 valence electrons. The molecule has 0 atom stereocenters. The highest BCUT2D eigenvalue weighted by molar-refractivity contribution is 7.09. The molecule has 1 N–H and O–H groups in total. The second-order valence-corrected chi connectivity index (χ2v) is 7.93. The van der Waals surface area contributed by atoms with Crippen LogP contribution in [0.5, 0.6) is 0 Å². The third-order valence-corrected chi connectivity index (χ3v) is 5.73. The summed E-state index contributed by atoms with van der Waals surface area (Å²) >= 11 is 1.57. The Hall–Kier alpha value is -1.76. The number of nitrogens with zero attached hydrogens (tertiary/aromatic N) is 2. The first kappa shape index (κ1) is 19.0. The predicted molar refractivity (Wildman–Crippen MR) is 106 cm³/mol. The Kier molecular flexibility index (Phi) is 6.40. The molecule has 1 aromatic carbocycles. The second kappa shape index (κ2) is 8.75. The van der Waals surface area contributed by atoms with E-state index in [2.05, 4.69) is 20.6 Å². The van der Waals surface area contributed by atoms with Crippen LogP contribution in [0.4, 0.5) is 5.69 Å². The molecule has 1 saturated heterocycles. The van der Waals surface area contributed by atoms with E-state index in [1.807, 2.05) is 32.0 Å². The average molecular weight is 374 g/mol. The molecule has 1 fully saturated rings. The number of piperidine rings is 1. The number of anilines is 1. The van der Waals surface area contributed by atoms with Gasteiger partial charge in [-0.1, -0.05) is 12.1 Å². The van der Waals surface area contributed by atoms with Crippen LogP contribution in [0.15, 0.2) is 23.6 Å². The minimum Gasteiger partial charge on any atom is -0.381 e. The Bertz CT molecular complexity index is 751. The lowest BCUT2D eigenvalue weighted by Crippen LogP contribution is -2.36. The van der Waals surface area contributed by atoms with Gasteiger partial charge in [0.2, 0.25) is 5.91 Å². The number of benzene rings is 1. The van der Waals surface area contributed by atoms with Gasteiger partial charge in [0.05, 0.1) is 18.2 Å². The quantitative estimate of drug-likeness (QED) is 0.841. The van der Waals surface area contributed by atoms with Gasteiger partial charge in [0.15, 0.2) is 0 Å². The number of ether oxygens (including phenoxy) is 1. The van der Waals surface area contributed by atoms with Crippen molar-refractivity contribution in [1.82, 2.24) is 9.88 Å². The molecule has 0 aliphatic carbocycles. The number of carbonyl (C=O) groups is 1. The highest BCUT2D eigenvalue weighted by Crippen LogP contribution is 2.19. The SMILES string of the molecule is COC1CCN(Cc2csc(CC(=O)Nc3cc(C)ccc3C)n2)CC1. The van der Waals surface area contributed by atoms with Crippen LogP contribution in [0.1, 0.15) is 34.7 Å². The molecular weight excluding hydrogens is 346 g/mol. The maximum atomic E-state index is 12.3. The van der Waals surface area contributed by atoms with E-state index in [1.165, 1.54) is 0 Å². The Morgan fingerprint density at radius 1 is 1.35 bits per heavy atom. The van der Waals surface area contributed by atoms with E-state index in [4.69, 9.17) is 4.74 Å². The average Bonchev–Trinajstić information content (AvgIpc) is 3.05. The van der Waals surface area contributed by atoms with Crippen LogP contribution in [-0.4, -0.2) is 42.1 Å². The first-order valence-electron chi connectivity index (χ1n) is 9.09. The molecule has 2 heterocycles. The summed E-state index contributed by atoms with van der Waals surface area (Å²) in [4.78, 5) is 19.4. The molecule has 5 nitrogen and oxygen atoms in total. The van der Waals surface area contributed by atoms with Gasteiger partial charge in [0, 0.05) is 37.8 Å². The van der Waals surface area contributed by atoms with Crippen molar-refractivity contribution in [3.63, 3.8) is 0 Å². The van der Waals surface area contributed by atoms with E-state index in [-0.39, 0.29) is 5.91 Å². The monoisotopic (exact) mass is 373 g/mol. The second-order valence-electron chi connectivity index (χ2n) is 6.99. The summed E-state index contributed by atoms with van der Waals surface area (Å²) in [5.41, 5.74) is 4.15. The molecule has 1 aliphatic rings. The van der Waals surface area contributed by atoms with Gasteiger partial charge in [-0.05, 0) is 43.9 Å². The van der Waals surface area contributed by atoms with Crippen LogP contribution in [0.25, 0.3) is 0 Å². The molecule has 0 saturated carbocycles. The molecule has 2 aromatic rings. The van der Waals surface area contributed by atoms with Gasteiger partial charge < -0.3 is 10.1 Å². The normalized spacial score (nSPS) is 16.0. The number of hydrogen-bond acceptors (Lipinski definition) is 5. The Morgan fingerprint density at radius 3 is 2.85 bits per heavy atom. The van der Waals surface area contributed by atoms with Gasteiger partial charge in [-0.3, -0.25) is 9.69 Å². The zero-order valence-electron chi connectivity index (χ0n) is 15.7. The highest BCUT2D eigenvalue weighted by atomic mass is 32.1. The van der Waals surface area contributed by atoms with Crippen molar-refractivity contribution < 1.29 is 9.53 Å². The zero-order chi connectivity index (χ0) is 18.5. The van der Waals surface area contributed by atoms with Crippen molar-refractivity contribution in [2.24, 2.45) is 0 Å². The van der Waals surface area contributed by atoms with Crippen LogP contribution in [0, 0.1) is 13.8 Å². The van der Waals surface area contributed by atoms with Gasteiger partial charge in [-0.2, -0.15) is 0 Å². The van der Waals surface area contributed by atoms with Crippen LogP contribution >= 0.6 is 11.3 Å². The third-order valence-electron chi connectivity index (χ3n) is 4.83. The minimum atomic E-state index is -0.0134. The van der Waals surface area contributed by atoms with Crippen LogP contribution in [0.2, 0.25) is 0 Å². The van der Waals surface area contributed by atoms with E-state index in [0.717, 1.165) is 60.0 Å². The molecule has 0 spiro atoms. The number of carbonyl (C=O) groups excluding carboxylic acids is 1. The predicted octanol–water partition coefficient (Wildman–Crippen LogP) is 3.55. The maximum absolute atomic E-state index is 12.3. The third kappa shape index (κ3) is 5.13. The molecule has 0 bridgehead atoms. The molecule has 1 aromatic heterocycles. The summed E-state index contributed by atoms with van der Waals surface area (Å²) in [6.45, 7) is 6.96. The fourth-order valence-electron chi connectivity index (χ4n) is 3.24. The number of rotatable bonds is 6. The van der Waals surface area contributed by atoms with E-state index in [0.29, 0.717) is 12.5 Å². The number of aromatic nitrogens is 1. The highest BCUT2D eigenvalue weighted by Gasteiger charge is 2.19. The summed E-state index contributed by atoms with van der Waals surface area (Å²) in [5, 5.41) is 5.95. The van der Waals surface area contributed by atoms with E-state index in [9.17, 15) is 4.79 Å². The Morgan fingerprint density at radius 2 is 2.12 bits per heavy atom. The summed E-state index contributed by atoms with van der Waals surface area (Å²) in [5.74, 6) is -0.0134.